The summed E-state index contributed by atoms with van der Waals surface area (Å²) >= 11 is 0. The smallest absolute Gasteiger partial charge is 0.331 e. The van der Waals surface area contributed by atoms with Crippen molar-refractivity contribution in [3.63, 3.8) is 0 Å². The molecule has 1 N–H and O–H groups in total. The Hall–Kier alpha value is -2.72. The van der Waals surface area contributed by atoms with Crippen molar-refractivity contribution in [3.8, 4) is 0 Å². The summed E-state index contributed by atoms with van der Waals surface area (Å²) in [6.07, 6.45) is 1.55. The van der Waals surface area contributed by atoms with Crippen LogP contribution in [-0.2, 0) is 23.6 Å². The molecule has 0 bridgehead atoms. The molecule has 1 aromatic carbocycles. The number of sulfonamides is 1. The van der Waals surface area contributed by atoms with Gasteiger partial charge in [0.1, 0.15) is 5.76 Å². The van der Waals surface area contributed by atoms with Gasteiger partial charge in [-0.2, -0.15) is 0 Å². The molecule has 9 nitrogen and oxygen atoms in total. The second kappa shape index (κ2) is 6.39. The van der Waals surface area contributed by atoms with Gasteiger partial charge >= 0.3 is 5.69 Å². The van der Waals surface area contributed by atoms with Gasteiger partial charge in [-0.15, -0.1) is 0 Å². The Morgan fingerprint density at radius 1 is 1.24 bits per heavy atom. The summed E-state index contributed by atoms with van der Waals surface area (Å²) in [5, 5.41) is 0.143. The average Bonchev–Trinajstić information content (AvgIpc) is 3.27. The van der Waals surface area contributed by atoms with Crippen molar-refractivity contribution in [2.24, 2.45) is 7.05 Å². The second-order valence-corrected chi connectivity index (χ2v) is 9.50. The van der Waals surface area contributed by atoms with Crippen LogP contribution in [0.4, 0.5) is 0 Å². The van der Waals surface area contributed by atoms with Crippen molar-refractivity contribution in [3.05, 3.63) is 56.4 Å². The number of nitrogens with one attached hydrogen (secondary N) is 1. The van der Waals surface area contributed by atoms with Crippen molar-refractivity contribution >= 4 is 20.9 Å². The van der Waals surface area contributed by atoms with E-state index in [9.17, 15) is 18.0 Å². The molecule has 0 atom stereocenters. The fourth-order valence-electron chi connectivity index (χ4n) is 3.34. The quantitative estimate of drug-likeness (QED) is 0.665. The van der Waals surface area contributed by atoms with Gasteiger partial charge in [-0.05, 0) is 44.9 Å². The molecule has 0 amide bonds. The largest absolute Gasteiger partial charge is 0.444 e. The van der Waals surface area contributed by atoms with Gasteiger partial charge < -0.3 is 4.42 Å². The molecule has 0 saturated heterocycles. The highest BCUT2D eigenvalue weighted by Gasteiger charge is 2.41. The monoisotopic (exact) mass is 418 g/mol. The minimum Gasteiger partial charge on any atom is -0.444 e. The Kier molecular flexibility index (Phi) is 4.32. The van der Waals surface area contributed by atoms with Crippen LogP contribution in [0.15, 0.2) is 37.1 Å². The SMILES string of the molecule is Cc1nc(C)c(Cn2c(=O)c3cc(S(=O)(=O)NC4(C)CC4)ccc3n(C)c2=O)o1. The lowest BCUT2D eigenvalue weighted by Gasteiger charge is -2.14. The van der Waals surface area contributed by atoms with Gasteiger partial charge in [-0.25, -0.2) is 22.9 Å². The zero-order chi connectivity index (χ0) is 21.1. The fourth-order valence-corrected chi connectivity index (χ4v) is 4.83. The lowest BCUT2D eigenvalue weighted by molar-refractivity contribution is 0.452. The van der Waals surface area contributed by atoms with Crippen LogP contribution in [0.25, 0.3) is 10.9 Å². The number of aromatic nitrogens is 3. The lowest BCUT2D eigenvalue weighted by atomic mass is 10.2. The predicted octanol–water partition coefficient (Wildman–Crippen LogP) is 1.18. The van der Waals surface area contributed by atoms with E-state index in [1.165, 1.54) is 29.8 Å². The molecule has 4 rings (SSSR count). The molecule has 29 heavy (non-hydrogen) atoms. The zero-order valence-electron chi connectivity index (χ0n) is 16.6. The molecule has 10 heteroatoms. The number of hydrogen-bond donors (Lipinski definition) is 1. The van der Waals surface area contributed by atoms with E-state index >= 15 is 0 Å². The van der Waals surface area contributed by atoms with Crippen molar-refractivity contribution in [1.82, 2.24) is 18.8 Å². The fraction of sp³-hybridized carbons (Fsp3) is 0.421. The first-order valence-electron chi connectivity index (χ1n) is 9.21. The summed E-state index contributed by atoms with van der Waals surface area (Å²) in [6.45, 7) is 5.17. The number of oxazole rings is 1. The molecule has 0 unspecified atom stereocenters. The van der Waals surface area contributed by atoms with Crippen LogP contribution in [0.5, 0.6) is 0 Å². The first-order valence-corrected chi connectivity index (χ1v) is 10.7. The number of nitrogens with zero attached hydrogens (tertiary/aromatic N) is 3. The highest BCUT2D eigenvalue weighted by atomic mass is 32.2. The number of benzene rings is 1. The van der Waals surface area contributed by atoms with E-state index in [-0.39, 0.29) is 16.8 Å². The lowest BCUT2D eigenvalue weighted by Crippen LogP contribution is -2.39. The topological polar surface area (TPSA) is 116 Å². The van der Waals surface area contributed by atoms with Crippen molar-refractivity contribution in [2.75, 3.05) is 0 Å². The molecule has 1 fully saturated rings. The molecule has 3 aromatic rings. The van der Waals surface area contributed by atoms with E-state index in [0.29, 0.717) is 22.9 Å². The van der Waals surface area contributed by atoms with E-state index < -0.39 is 26.8 Å². The summed E-state index contributed by atoms with van der Waals surface area (Å²) in [4.78, 5) is 30.0. The van der Waals surface area contributed by atoms with Crippen molar-refractivity contribution < 1.29 is 12.8 Å². The van der Waals surface area contributed by atoms with E-state index in [2.05, 4.69) is 9.71 Å². The molecule has 154 valence electrons. The molecule has 1 aliphatic carbocycles. The van der Waals surface area contributed by atoms with Crippen LogP contribution in [0, 0.1) is 13.8 Å². The van der Waals surface area contributed by atoms with Crippen LogP contribution in [0.3, 0.4) is 0 Å². The molecular weight excluding hydrogens is 396 g/mol. The highest BCUT2D eigenvalue weighted by molar-refractivity contribution is 7.89. The van der Waals surface area contributed by atoms with Gasteiger partial charge in [-0.3, -0.25) is 13.9 Å². The molecular formula is C19H22N4O5S. The Morgan fingerprint density at radius 2 is 1.93 bits per heavy atom. The van der Waals surface area contributed by atoms with Gasteiger partial charge in [0, 0.05) is 19.5 Å². The second-order valence-electron chi connectivity index (χ2n) is 7.82. The number of fused-ring (bicyclic) bond motifs is 1. The predicted molar refractivity (Wildman–Crippen MR) is 106 cm³/mol. The molecule has 1 saturated carbocycles. The van der Waals surface area contributed by atoms with Gasteiger partial charge in [0.15, 0.2) is 5.89 Å². The standard InChI is InChI=1S/C19H22N4O5S/c1-11-16(28-12(2)20-11)10-23-17(24)14-9-13(5-6-15(14)22(4)18(23)25)29(26,27)21-19(3)7-8-19/h5-6,9,21H,7-8,10H2,1-4H3. The van der Waals surface area contributed by atoms with Gasteiger partial charge in [0.25, 0.3) is 5.56 Å². The molecule has 0 aliphatic heterocycles. The number of hydrogen-bond acceptors (Lipinski definition) is 6. The Bertz CT molecular complexity index is 1360. The number of aryl methyl sites for hydroxylation is 3. The van der Waals surface area contributed by atoms with Crippen LogP contribution in [0.1, 0.15) is 37.1 Å². The van der Waals surface area contributed by atoms with Crippen molar-refractivity contribution in [2.45, 2.75) is 50.6 Å². The minimum atomic E-state index is -3.78. The van der Waals surface area contributed by atoms with E-state index in [0.717, 1.165) is 17.4 Å². The molecule has 2 heterocycles. The maximum atomic E-state index is 13.1. The molecule has 0 spiro atoms. The first kappa shape index (κ1) is 19.6. The third-order valence-corrected chi connectivity index (χ3v) is 6.95. The van der Waals surface area contributed by atoms with E-state index in [1.54, 1.807) is 13.8 Å². The van der Waals surface area contributed by atoms with E-state index in [4.69, 9.17) is 4.42 Å². The average molecular weight is 418 g/mol. The Labute approximate surface area is 167 Å². The van der Waals surface area contributed by atoms with Gasteiger partial charge in [-0.1, -0.05) is 0 Å². The summed E-state index contributed by atoms with van der Waals surface area (Å²) < 4.78 is 35.9. The highest BCUT2D eigenvalue weighted by Crippen LogP contribution is 2.36. The normalized spacial score (nSPS) is 15.7. The van der Waals surface area contributed by atoms with Crippen molar-refractivity contribution in [1.29, 1.82) is 0 Å². The van der Waals surface area contributed by atoms with Crippen LogP contribution >= 0.6 is 0 Å². The summed E-state index contributed by atoms with van der Waals surface area (Å²) in [6, 6.07) is 4.21. The zero-order valence-corrected chi connectivity index (χ0v) is 17.5. The maximum Gasteiger partial charge on any atom is 0.331 e. The molecule has 2 aromatic heterocycles. The Morgan fingerprint density at radius 3 is 2.52 bits per heavy atom. The summed E-state index contributed by atoms with van der Waals surface area (Å²) in [5.41, 5.74) is -0.575. The number of rotatable bonds is 5. The Balaban J connectivity index is 1.87. The summed E-state index contributed by atoms with van der Waals surface area (Å²) in [7, 11) is -2.24. The van der Waals surface area contributed by atoms with Gasteiger partial charge in [0.2, 0.25) is 10.0 Å². The third kappa shape index (κ3) is 3.42. The van der Waals surface area contributed by atoms with E-state index in [1.807, 2.05) is 6.92 Å². The minimum absolute atomic E-state index is 0.00730. The molecule has 1 aliphatic rings. The van der Waals surface area contributed by atoms with Crippen LogP contribution in [0.2, 0.25) is 0 Å². The maximum absolute atomic E-state index is 13.1. The third-order valence-electron chi connectivity index (χ3n) is 5.32. The summed E-state index contributed by atoms with van der Waals surface area (Å²) in [5.74, 6) is 0.851. The van der Waals surface area contributed by atoms with Crippen LogP contribution < -0.4 is 16.0 Å². The first-order chi connectivity index (χ1) is 13.5. The van der Waals surface area contributed by atoms with Gasteiger partial charge in [0.05, 0.1) is 28.0 Å². The van der Waals surface area contributed by atoms with Crippen LogP contribution in [-0.4, -0.2) is 28.1 Å². The molecule has 0 radical (unpaired) electrons.